The van der Waals surface area contributed by atoms with Crippen molar-refractivity contribution in [2.45, 2.75) is 84.5 Å². The first kappa shape index (κ1) is 23.7. The van der Waals surface area contributed by atoms with Crippen LogP contribution in [-0.2, 0) is 4.57 Å². The van der Waals surface area contributed by atoms with Gasteiger partial charge >= 0.3 is 0 Å². The van der Waals surface area contributed by atoms with Crippen molar-refractivity contribution in [2.75, 3.05) is 6.16 Å². The van der Waals surface area contributed by atoms with Crippen molar-refractivity contribution in [1.82, 2.24) is 0 Å². The molecule has 114 valence electrons. The van der Waals surface area contributed by atoms with E-state index < -0.39 is 7.14 Å². The highest BCUT2D eigenvalue weighted by atomic mass is 31.2. The lowest BCUT2D eigenvalue weighted by molar-refractivity contribution is 0.547. The molecule has 0 aromatic rings. The van der Waals surface area contributed by atoms with Crippen molar-refractivity contribution in [1.29, 1.82) is 0 Å². The standard InChI is InChI=1S/C14H31OP.H2O.H3P/c1-6-9-10-11-12-16(15,13(4)7-2)14(5)8-3;;/h13-14H,6-12H2,1-5H3;1H2;1H3. The van der Waals surface area contributed by atoms with Crippen LogP contribution in [0.15, 0.2) is 0 Å². The third kappa shape index (κ3) is 7.27. The lowest BCUT2D eigenvalue weighted by Gasteiger charge is -2.29. The van der Waals surface area contributed by atoms with E-state index in [1.807, 2.05) is 0 Å². The fourth-order valence-corrected chi connectivity index (χ4v) is 5.98. The first-order valence-corrected chi connectivity index (χ1v) is 9.14. The second kappa shape index (κ2) is 12.6. The smallest absolute Gasteiger partial charge is 0.0930 e. The van der Waals surface area contributed by atoms with Crippen LogP contribution in [0.1, 0.15) is 73.1 Å². The Balaban J connectivity index is -0.00000112. The van der Waals surface area contributed by atoms with Crippen LogP contribution in [0.5, 0.6) is 0 Å². The molecule has 0 spiro atoms. The summed E-state index contributed by atoms with van der Waals surface area (Å²) in [7, 11) is -1.94. The van der Waals surface area contributed by atoms with Gasteiger partial charge in [-0.25, -0.2) is 0 Å². The zero-order valence-electron chi connectivity index (χ0n) is 13.2. The fourth-order valence-electron chi connectivity index (χ4n) is 2.28. The van der Waals surface area contributed by atoms with Crippen LogP contribution in [0.2, 0.25) is 0 Å². The topological polar surface area (TPSA) is 48.6 Å². The van der Waals surface area contributed by atoms with Crippen LogP contribution in [0.4, 0.5) is 0 Å². The van der Waals surface area contributed by atoms with E-state index in [0.29, 0.717) is 11.3 Å². The summed E-state index contributed by atoms with van der Waals surface area (Å²) in [5, 5.41) is 0. The first-order valence-electron chi connectivity index (χ1n) is 7.11. The highest BCUT2D eigenvalue weighted by molar-refractivity contribution is 7.65. The van der Waals surface area contributed by atoms with Gasteiger partial charge in [-0.1, -0.05) is 53.9 Å². The predicted octanol–water partition coefficient (Wildman–Crippen LogP) is 4.76. The van der Waals surface area contributed by atoms with E-state index >= 15 is 0 Å². The lowest BCUT2D eigenvalue weighted by atomic mass is 10.2. The van der Waals surface area contributed by atoms with E-state index in [0.717, 1.165) is 19.0 Å². The summed E-state index contributed by atoms with van der Waals surface area (Å²) < 4.78 is 13.0. The molecule has 0 radical (unpaired) electrons. The number of unbranched alkanes of at least 4 members (excludes halogenated alkanes) is 3. The van der Waals surface area contributed by atoms with Crippen molar-refractivity contribution in [2.24, 2.45) is 0 Å². The molecule has 0 saturated heterocycles. The van der Waals surface area contributed by atoms with Gasteiger partial charge < -0.3 is 10.0 Å². The van der Waals surface area contributed by atoms with Gasteiger partial charge in [-0.15, -0.1) is 0 Å². The van der Waals surface area contributed by atoms with E-state index in [9.17, 15) is 4.57 Å². The van der Waals surface area contributed by atoms with Crippen LogP contribution in [0.25, 0.3) is 0 Å². The van der Waals surface area contributed by atoms with Gasteiger partial charge in [0.15, 0.2) is 0 Å². The maximum absolute atomic E-state index is 13.0. The Morgan fingerprint density at radius 2 is 1.33 bits per heavy atom. The number of rotatable bonds is 9. The first-order chi connectivity index (χ1) is 7.52. The molecule has 0 aliphatic carbocycles. The highest BCUT2D eigenvalue weighted by Crippen LogP contribution is 2.57. The molecular formula is C14H36O2P2. The SMILES string of the molecule is CCCCCCP(=O)(C(C)CC)C(C)CC.O.P. The normalized spacial score (nSPS) is 16.9. The highest BCUT2D eigenvalue weighted by Gasteiger charge is 2.32. The van der Waals surface area contributed by atoms with Crippen molar-refractivity contribution >= 4 is 17.0 Å². The van der Waals surface area contributed by atoms with Crippen molar-refractivity contribution in [3.63, 3.8) is 0 Å². The summed E-state index contributed by atoms with van der Waals surface area (Å²) in [5.41, 5.74) is 0.841. The minimum absolute atomic E-state index is 0. The van der Waals surface area contributed by atoms with Gasteiger partial charge in [-0.2, -0.15) is 9.90 Å². The molecule has 0 aliphatic rings. The molecule has 18 heavy (non-hydrogen) atoms. The molecule has 0 bridgehead atoms. The second-order valence-electron chi connectivity index (χ2n) is 5.15. The maximum atomic E-state index is 13.0. The Bertz CT molecular complexity index is 206. The summed E-state index contributed by atoms with van der Waals surface area (Å²) in [6.45, 7) is 10.9. The van der Waals surface area contributed by atoms with Crippen molar-refractivity contribution < 1.29 is 10.0 Å². The summed E-state index contributed by atoms with van der Waals surface area (Å²) >= 11 is 0. The molecule has 0 amide bonds. The molecule has 3 unspecified atom stereocenters. The molecule has 2 nitrogen and oxygen atoms in total. The quantitative estimate of drug-likeness (QED) is 0.447. The Kier molecular flexibility index (Phi) is 16.6. The minimum atomic E-state index is -1.94. The predicted molar refractivity (Wildman–Crippen MR) is 90.8 cm³/mol. The second-order valence-corrected chi connectivity index (χ2v) is 9.07. The number of hydrogen-bond donors (Lipinski definition) is 0. The largest absolute Gasteiger partial charge is 0.412 e. The fraction of sp³-hybridized carbons (Fsp3) is 1.00. The molecule has 3 atom stereocenters. The Morgan fingerprint density at radius 1 is 0.889 bits per heavy atom. The van der Waals surface area contributed by atoms with E-state index in [-0.39, 0.29) is 15.4 Å². The maximum Gasteiger partial charge on any atom is 0.0930 e. The number of hydrogen-bond acceptors (Lipinski definition) is 1. The van der Waals surface area contributed by atoms with Crippen LogP contribution in [0, 0.1) is 0 Å². The van der Waals surface area contributed by atoms with Crippen LogP contribution in [-0.4, -0.2) is 23.0 Å². The zero-order chi connectivity index (χ0) is 12.6. The van der Waals surface area contributed by atoms with Crippen molar-refractivity contribution in [3.8, 4) is 0 Å². The molecule has 0 fully saturated rings. The van der Waals surface area contributed by atoms with E-state index in [2.05, 4.69) is 34.6 Å². The monoisotopic (exact) mass is 298 g/mol. The zero-order valence-corrected chi connectivity index (χ0v) is 15.5. The Morgan fingerprint density at radius 3 is 1.67 bits per heavy atom. The van der Waals surface area contributed by atoms with E-state index in [1.54, 1.807) is 0 Å². The van der Waals surface area contributed by atoms with Crippen molar-refractivity contribution in [3.05, 3.63) is 0 Å². The molecule has 0 aromatic heterocycles. The van der Waals surface area contributed by atoms with Crippen LogP contribution < -0.4 is 0 Å². The molecule has 0 heterocycles. The Labute approximate surface area is 118 Å². The third-order valence-electron chi connectivity index (χ3n) is 4.03. The van der Waals surface area contributed by atoms with E-state index in [4.69, 9.17) is 0 Å². The van der Waals surface area contributed by atoms with Gasteiger partial charge in [-0.05, 0) is 19.3 Å². The summed E-state index contributed by atoms with van der Waals surface area (Å²) in [6.07, 6.45) is 8.09. The van der Waals surface area contributed by atoms with Gasteiger partial charge in [-0.3, -0.25) is 0 Å². The average molecular weight is 298 g/mol. The van der Waals surface area contributed by atoms with Crippen LogP contribution in [0.3, 0.4) is 0 Å². The van der Waals surface area contributed by atoms with Gasteiger partial charge in [0.1, 0.15) is 0 Å². The van der Waals surface area contributed by atoms with Crippen LogP contribution >= 0.6 is 17.0 Å². The molecule has 4 heteroatoms. The van der Waals surface area contributed by atoms with Gasteiger partial charge in [0.05, 0.1) is 7.14 Å². The van der Waals surface area contributed by atoms with Gasteiger partial charge in [0.25, 0.3) is 0 Å². The summed E-state index contributed by atoms with van der Waals surface area (Å²) in [4.78, 5) is 0. The molecular weight excluding hydrogens is 262 g/mol. The third-order valence-corrected chi connectivity index (χ3v) is 8.76. The van der Waals surface area contributed by atoms with Gasteiger partial charge in [0, 0.05) is 17.5 Å². The summed E-state index contributed by atoms with van der Waals surface area (Å²) in [6, 6.07) is 0. The summed E-state index contributed by atoms with van der Waals surface area (Å²) in [5.74, 6) is 0. The van der Waals surface area contributed by atoms with E-state index in [1.165, 1.54) is 25.7 Å². The lowest BCUT2D eigenvalue weighted by Crippen LogP contribution is -2.15. The molecule has 2 N–H and O–H groups in total. The average Bonchev–Trinajstić information content (AvgIpc) is 2.32. The Hall–Kier alpha value is 0.620. The minimum Gasteiger partial charge on any atom is -0.412 e. The molecule has 0 rings (SSSR count). The molecule has 0 aliphatic heterocycles. The molecule has 0 aromatic carbocycles. The van der Waals surface area contributed by atoms with Gasteiger partial charge in [0.2, 0.25) is 0 Å². The molecule has 0 saturated carbocycles.